The van der Waals surface area contributed by atoms with Crippen LogP contribution >= 0.6 is 0 Å². The van der Waals surface area contributed by atoms with Gasteiger partial charge >= 0.3 is 0 Å². The van der Waals surface area contributed by atoms with Gasteiger partial charge in [-0.25, -0.2) is 0 Å². The topological polar surface area (TPSA) is 25.2 Å². The molecule has 0 aromatic carbocycles. The third-order valence-corrected chi connectivity index (χ3v) is 5.07. The van der Waals surface area contributed by atoms with Crippen molar-refractivity contribution in [3.05, 3.63) is 23.7 Å². The molecule has 2 aliphatic carbocycles. The van der Waals surface area contributed by atoms with Crippen molar-refractivity contribution in [2.24, 2.45) is 17.8 Å². The zero-order valence-corrected chi connectivity index (χ0v) is 11.6. The maximum atomic E-state index is 5.53. The van der Waals surface area contributed by atoms with Gasteiger partial charge in [-0.3, -0.25) is 0 Å². The van der Waals surface area contributed by atoms with Crippen LogP contribution in [0.4, 0.5) is 0 Å². The number of nitrogens with one attached hydrogen (secondary N) is 1. The summed E-state index contributed by atoms with van der Waals surface area (Å²) >= 11 is 0. The van der Waals surface area contributed by atoms with Crippen LogP contribution in [0.3, 0.4) is 0 Å². The van der Waals surface area contributed by atoms with E-state index in [2.05, 4.69) is 25.2 Å². The van der Waals surface area contributed by atoms with E-state index >= 15 is 0 Å². The molecule has 4 unspecified atom stereocenters. The molecule has 1 aromatic rings. The van der Waals surface area contributed by atoms with Gasteiger partial charge in [0.1, 0.15) is 5.76 Å². The lowest BCUT2D eigenvalue weighted by molar-refractivity contribution is 0.249. The summed E-state index contributed by atoms with van der Waals surface area (Å²) in [4.78, 5) is 0. The van der Waals surface area contributed by atoms with E-state index in [-0.39, 0.29) is 0 Å². The fraction of sp³-hybridized carbons (Fsp3) is 0.750. The van der Waals surface area contributed by atoms with Gasteiger partial charge in [0.15, 0.2) is 0 Å². The van der Waals surface area contributed by atoms with Gasteiger partial charge in [-0.05, 0) is 63.0 Å². The molecule has 100 valence electrons. The summed E-state index contributed by atoms with van der Waals surface area (Å²) in [6.07, 6.45) is 8.89. The van der Waals surface area contributed by atoms with E-state index in [1.165, 1.54) is 37.7 Å². The molecule has 2 saturated carbocycles. The van der Waals surface area contributed by atoms with E-state index in [0.717, 1.165) is 30.1 Å². The maximum absolute atomic E-state index is 5.53. The Morgan fingerprint density at radius 3 is 2.83 bits per heavy atom. The molecule has 1 N–H and O–H groups in total. The molecule has 0 radical (unpaired) electrons. The van der Waals surface area contributed by atoms with Gasteiger partial charge in [0.05, 0.1) is 6.26 Å². The van der Waals surface area contributed by atoms with E-state index in [1.807, 2.05) is 6.26 Å². The third kappa shape index (κ3) is 2.11. The summed E-state index contributed by atoms with van der Waals surface area (Å²) in [6.45, 7) is 5.46. The van der Waals surface area contributed by atoms with E-state index in [0.29, 0.717) is 6.04 Å². The number of furan rings is 1. The second-order valence-electron chi connectivity index (χ2n) is 6.20. The number of rotatable bonds is 5. The highest BCUT2D eigenvalue weighted by Crippen LogP contribution is 2.52. The molecule has 0 saturated heterocycles. The summed E-state index contributed by atoms with van der Waals surface area (Å²) < 4.78 is 5.53. The molecule has 0 spiro atoms. The molecule has 2 bridgehead atoms. The molecule has 2 aliphatic rings. The Labute approximate surface area is 110 Å². The molecule has 0 aliphatic heterocycles. The first kappa shape index (κ1) is 12.3. The Hall–Kier alpha value is -0.760. The van der Waals surface area contributed by atoms with Gasteiger partial charge < -0.3 is 9.73 Å². The summed E-state index contributed by atoms with van der Waals surface area (Å²) in [5, 5.41) is 3.78. The molecule has 3 rings (SSSR count). The van der Waals surface area contributed by atoms with Gasteiger partial charge in [0, 0.05) is 11.6 Å². The first-order valence-corrected chi connectivity index (χ1v) is 7.57. The Balaban J connectivity index is 1.79. The molecule has 2 nitrogen and oxygen atoms in total. The molecule has 4 atom stereocenters. The van der Waals surface area contributed by atoms with E-state index in [4.69, 9.17) is 4.42 Å². The van der Waals surface area contributed by atoms with Crippen molar-refractivity contribution in [3.8, 4) is 0 Å². The van der Waals surface area contributed by atoms with Crippen molar-refractivity contribution in [2.45, 2.75) is 52.0 Å². The van der Waals surface area contributed by atoms with Crippen LogP contribution in [0.25, 0.3) is 0 Å². The Kier molecular flexibility index (Phi) is 3.47. The van der Waals surface area contributed by atoms with Crippen molar-refractivity contribution >= 4 is 0 Å². The summed E-state index contributed by atoms with van der Waals surface area (Å²) in [5.74, 6) is 3.91. The lowest BCUT2D eigenvalue weighted by atomic mass is 9.80. The van der Waals surface area contributed by atoms with Crippen molar-refractivity contribution < 1.29 is 4.42 Å². The highest BCUT2D eigenvalue weighted by Gasteiger charge is 2.43. The lowest BCUT2D eigenvalue weighted by Gasteiger charge is -2.31. The molecule has 2 heteroatoms. The zero-order chi connectivity index (χ0) is 12.5. The minimum atomic E-state index is 0.527. The van der Waals surface area contributed by atoms with Gasteiger partial charge in [0.25, 0.3) is 0 Å². The minimum absolute atomic E-state index is 0.527. The van der Waals surface area contributed by atoms with E-state index in [9.17, 15) is 0 Å². The van der Waals surface area contributed by atoms with E-state index in [1.54, 1.807) is 0 Å². The number of hydrogen-bond acceptors (Lipinski definition) is 2. The summed E-state index contributed by atoms with van der Waals surface area (Å²) in [5.41, 5.74) is 1.40. The first-order chi connectivity index (χ1) is 8.79. The average Bonchev–Trinajstić information content (AvgIpc) is 3.07. The normalized spacial score (nSPS) is 32.0. The summed E-state index contributed by atoms with van der Waals surface area (Å²) in [7, 11) is 0. The predicted molar refractivity (Wildman–Crippen MR) is 73.4 cm³/mol. The standard InChI is InChI=1S/C16H25NO/c1-3-7-17-16(14-6-8-18-11(14)2)15-10-12-4-5-13(15)9-12/h6,8,12-13,15-17H,3-5,7,9-10H2,1-2H3. The van der Waals surface area contributed by atoms with Crippen molar-refractivity contribution in [3.63, 3.8) is 0 Å². The van der Waals surface area contributed by atoms with Gasteiger partial charge in [-0.1, -0.05) is 13.3 Å². The van der Waals surface area contributed by atoms with Crippen molar-refractivity contribution in [2.75, 3.05) is 6.54 Å². The van der Waals surface area contributed by atoms with Crippen molar-refractivity contribution in [1.82, 2.24) is 5.32 Å². The highest BCUT2D eigenvalue weighted by atomic mass is 16.3. The predicted octanol–water partition coefficient (Wildman–Crippen LogP) is 4.06. The molecular weight excluding hydrogens is 222 g/mol. The highest BCUT2D eigenvalue weighted by molar-refractivity contribution is 5.22. The first-order valence-electron chi connectivity index (χ1n) is 7.57. The Bertz CT molecular complexity index is 398. The van der Waals surface area contributed by atoms with Crippen LogP contribution in [0.15, 0.2) is 16.7 Å². The van der Waals surface area contributed by atoms with Crippen molar-refractivity contribution in [1.29, 1.82) is 0 Å². The number of hydrogen-bond donors (Lipinski definition) is 1. The van der Waals surface area contributed by atoms with Gasteiger partial charge in [0.2, 0.25) is 0 Å². The van der Waals surface area contributed by atoms with Crippen LogP contribution in [-0.2, 0) is 0 Å². The van der Waals surface area contributed by atoms with Gasteiger partial charge in [-0.15, -0.1) is 0 Å². The molecule has 18 heavy (non-hydrogen) atoms. The summed E-state index contributed by atoms with van der Waals surface area (Å²) in [6, 6.07) is 2.70. The second kappa shape index (κ2) is 5.08. The Morgan fingerprint density at radius 2 is 2.28 bits per heavy atom. The number of aryl methyl sites for hydroxylation is 1. The lowest BCUT2D eigenvalue weighted by Crippen LogP contribution is -2.32. The molecule has 1 heterocycles. The van der Waals surface area contributed by atoms with Crippen LogP contribution in [0, 0.1) is 24.7 Å². The smallest absolute Gasteiger partial charge is 0.105 e. The van der Waals surface area contributed by atoms with Gasteiger partial charge in [-0.2, -0.15) is 0 Å². The Morgan fingerprint density at radius 1 is 1.39 bits per heavy atom. The van der Waals surface area contributed by atoms with Crippen LogP contribution in [0.2, 0.25) is 0 Å². The van der Waals surface area contributed by atoms with Crippen LogP contribution in [-0.4, -0.2) is 6.54 Å². The number of fused-ring (bicyclic) bond motifs is 2. The average molecular weight is 247 g/mol. The van der Waals surface area contributed by atoms with Crippen LogP contribution < -0.4 is 5.32 Å². The largest absolute Gasteiger partial charge is 0.469 e. The SMILES string of the molecule is CCCNC(c1ccoc1C)C1CC2CCC1C2. The molecule has 0 amide bonds. The quantitative estimate of drug-likeness (QED) is 0.848. The zero-order valence-electron chi connectivity index (χ0n) is 11.6. The second-order valence-corrected chi connectivity index (χ2v) is 6.20. The molecule has 1 aromatic heterocycles. The minimum Gasteiger partial charge on any atom is -0.469 e. The van der Waals surface area contributed by atoms with Crippen LogP contribution in [0.5, 0.6) is 0 Å². The monoisotopic (exact) mass is 247 g/mol. The molecule has 2 fully saturated rings. The van der Waals surface area contributed by atoms with E-state index < -0.39 is 0 Å². The third-order valence-electron chi connectivity index (χ3n) is 5.07. The van der Waals surface area contributed by atoms with Crippen LogP contribution in [0.1, 0.15) is 56.4 Å². The fourth-order valence-electron chi connectivity index (χ4n) is 4.21. The maximum Gasteiger partial charge on any atom is 0.105 e. The fourth-order valence-corrected chi connectivity index (χ4v) is 4.21. The molecular formula is C16H25NO.